The summed E-state index contributed by atoms with van der Waals surface area (Å²) in [5.74, 6) is 0.973. The summed E-state index contributed by atoms with van der Waals surface area (Å²) in [5, 5.41) is 37.8. The van der Waals surface area contributed by atoms with Crippen molar-refractivity contribution in [3.05, 3.63) is 30.1 Å². The minimum Gasteiger partial charge on any atom is -0.504 e. The summed E-state index contributed by atoms with van der Waals surface area (Å²) in [6.45, 7) is 1.03. The van der Waals surface area contributed by atoms with E-state index in [9.17, 15) is 20.1 Å². The van der Waals surface area contributed by atoms with Crippen LogP contribution in [-0.4, -0.2) is 80.3 Å². The summed E-state index contributed by atoms with van der Waals surface area (Å²) in [6, 6.07) is 4.91. The molecule has 1 amide bonds. The van der Waals surface area contributed by atoms with E-state index in [1.54, 1.807) is 23.0 Å². The van der Waals surface area contributed by atoms with Crippen LogP contribution in [0, 0.1) is 17.3 Å². The highest BCUT2D eigenvalue weighted by Crippen LogP contribution is 2.67. The Morgan fingerprint density at radius 1 is 1.26 bits per heavy atom. The van der Waals surface area contributed by atoms with Crippen molar-refractivity contribution >= 4 is 22.9 Å². The van der Waals surface area contributed by atoms with Crippen LogP contribution in [0.5, 0.6) is 17.5 Å². The fraction of sp³-hybridized carbons (Fsp3) is 0.538. The summed E-state index contributed by atoms with van der Waals surface area (Å²) in [6.07, 6.45) is 2.58. The molecule has 6 rings (SSSR count). The first kappa shape index (κ1) is 24.7. The Balaban J connectivity index is 1.28. The molecular weight excluding hydrogens is 492 g/mol. The third-order valence-corrected chi connectivity index (χ3v) is 8.14. The van der Waals surface area contributed by atoms with E-state index in [1.165, 1.54) is 14.2 Å². The maximum absolute atomic E-state index is 12.6. The van der Waals surface area contributed by atoms with Crippen LogP contribution in [0.4, 0.5) is 5.82 Å². The van der Waals surface area contributed by atoms with Crippen molar-refractivity contribution in [2.24, 2.45) is 17.3 Å². The largest absolute Gasteiger partial charge is 0.504 e. The number of carbonyl (C=O) groups excluding carboxylic acids is 1. The molecule has 3 aliphatic carbocycles. The molecule has 5 N–H and O–H groups in total. The van der Waals surface area contributed by atoms with Crippen LogP contribution in [0.25, 0.3) is 11.2 Å². The molecule has 38 heavy (non-hydrogen) atoms. The highest BCUT2D eigenvalue weighted by molar-refractivity contribution is 5.88. The Morgan fingerprint density at radius 2 is 2.08 bits per heavy atom. The maximum Gasteiger partial charge on any atom is 0.320 e. The van der Waals surface area contributed by atoms with Gasteiger partial charge in [0.15, 0.2) is 28.5 Å². The van der Waals surface area contributed by atoms with Crippen LogP contribution in [0.3, 0.4) is 0 Å². The number of amides is 1. The van der Waals surface area contributed by atoms with E-state index in [0.29, 0.717) is 54.6 Å². The lowest BCUT2D eigenvalue weighted by atomic mass is 9.98. The summed E-state index contributed by atoms with van der Waals surface area (Å²) in [7, 11) is 3.04. The van der Waals surface area contributed by atoms with Crippen molar-refractivity contribution < 1.29 is 29.6 Å². The van der Waals surface area contributed by atoms with Crippen LogP contribution in [0.2, 0.25) is 0 Å². The number of aromatic hydroxyl groups is 1. The first-order chi connectivity index (χ1) is 18.4. The molecule has 3 aromatic rings. The number of fused-ring (bicyclic) bond motifs is 2. The second-order valence-corrected chi connectivity index (χ2v) is 10.5. The number of nitrogens with zero attached hydrogens (tertiary/aromatic N) is 4. The summed E-state index contributed by atoms with van der Waals surface area (Å²) in [4.78, 5) is 26.3. The summed E-state index contributed by atoms with van der Waals surface area (Å²) >= 11 is 0. The van der Waals surface area contributed by atoms with E-state index in [2.05, 4.69) is 25.6 Å². The van der Waals surface area contributed by atoms with Gasteiger partial charge in [0.25, 0.3) is 0 Å². The summed E-state index contributed by atoms with van der Waals surface area (Å²) in [5.41, 5.74) is 0.880. The van der Waals surface area contributed by atoms with Crippen molar-refractivity contribution in [3.8, 4) is 17.5 Å². The third-order valence-electron chi connectivity index (χ3n) is 8.14. The molecule has 3 saturated carbocycles. The number of benzene rings is 1. The molecule has 12 nitrogen and oxygen atoms in total. The van der Waals surface area contributed by atoms with Gasteiger partial charge in [0.05, 0.1) is 37.6 Å². The lowest BCUT2D eigenvalue weighted by Crippen LogP contribution is -2.41. The van der Waals surface area contributed by atoms with Gasteiger partial charge in [-0.2, -0.15) is 9.97 Å². The fourth-order valence-corrected chi connectivity index (χ4v) is 5.78. The molecular formula is C26H32N6O6. The van der Waals surface area contributed by atoms with Crippen LogP contribution in [0.15, 0.2) is 24.5 Å². The number of carbonyl (C=O) groups is 1. The molecule has 2 aromatic heterocycles. The second-order valence-electron chi connectivity index (χ2n) is 10.5. The summed E-state index contributed by atoms with van der Waals surface area (Å²) < 4.78 is 12.8. The van der Waals surface area contributed by atoms with Gasteiger partial charge in [-0.05, 0) is 49.3 Å². The first-order valence-corrected chi connectivity index (χ1v) is 12.9. The number of hydrogen-bond donors (Lipinski definition) is 5. The number of hydrogen-bond acceptors (Lipinski definition) is 10. The van der Waals surface area contributed by atoms with Crippen molar-refractivity contribution in [1.82, 2.24) is 24.8 Å². The molecule has 12 heteroatoms. The van der Waals surface area contributed by atoms with Gasteiger partial charge in [-0.25, -0.2) is 4.98 Å². The molecule has 3 aliphatic rings. The van der Waals surface area contributed by atoms with E-state index in [-0.39, 0.29) is 23.6 Å². The first-order valence-electron chi connectivity index (χ1n) is 12.9. The van der Waals surface area contributed by atoms with Crippen LogP contribution < -0.4 is 20.1 Å². The fourth-order valence-electron chi connectivity index (χ4n) is 5.78. The number of rotatable bonds is 10. The molecule has 1 aromatic carbocycles. The molecule has 5 atom stereocenters. The minimum atomic E-state index is -1.18. The lowest BCUT2D eigenvalue weighted by molar-refractivity contribution is -0.132. The number of aliphatic hydroxyl groups excluding tert-OH is 2. The zero-order chi connectivity index (χ0) is 26.6. The van der Waals surface area contributed by atoms with Crippen LogP contribution >= 0.6 is 0 Å². The van der Waals surface area contributed by atoms with Crippen molar-refractivity contribution in [3.63, 3.8) is 0 Å². The zero-order valence-electron chi connectivity index (χ0n) is 21.3. The van der Waals surface area contributed by atoms with E-state index < -0.39 is 23.7 Å². The monoisotopic (exact) mass is 524 g/mol. The highest BCUT2D eigenvalue weighted by atomic mass is 16.5. The third kappa shape index (κ3) is 3.99. The number of aromatic nitrogens is 4. The number of imidazole rings is 1. The lowest BCUT2D eigenvalue weighted by Gasteiger charge is -2.23. The molecule has 2 heterocycles. The standard InChI is InChI=1S/C26H32N6O6/c1-27-24(36)26-10-15(26)19(20(34)21(26)35)32-12-29-18-22(30-25(31-23(18)32)38-11-14-3-4-14)28-8-7-13-5-6-17(37-2)16(33)9-13/h5-6,9,12,14-15,19-21,33-35H,3-4,7-8,10-11H2,1-2H3,(H,27,36)(H,28,30,31)/t15-,19-,20+,21+,26+/m1/s1. The Bertz CT molecular complexity index is 1380. The van der Waals surface area contributed by atoms with Crippen LogP contribution in [0.1, 0.15) is 30.9 Å². The molecule has 0 saturated heterocycles. The van der Waals surface area contributed by atoms with Gasteiger partial charge >= 0.3 is 6.01 Å². The quantitative estimate of drug-likeness (QED) is 0.259. The number of aliphatic hydroxyl groups is 2. The number of phenolic OH excluding ortho intramolecular Hbond substituents is 1. The van der Waals surface area contributed by atoms with E-state index in [0.717, 1.165) is 18.4 Å². The van der Waals surface area contributed by atoms with E-state index in [4.69, 9.17) is 9.47 Å². The average molecular weight is 525 g/mol. The highest BCUT2D eigenvalue weighted by Gasteiger charge is 2.75. The molecule has 0 spiro atoms. The Hall–Kier alpha value is -3.64. The van der Waals surface area contributed by atoms with Gasteiger partial charge in [0.1, 0.15) is 6.10 Å². The molecule has 0 radical (unpaired) electrons. The Labute approximate surface area is 219 Å². The number of methoxy groups -OCH3 is 1. The molecule has 202 valence electrons. The maximum atomic E-state index is 12.6. The normalized spacial score (nSPS) is 27.7. The van der Waals surface area contributed by atoms with Gasteiger partial charge in [-0.3, -0.25) is 4.79 Å². The van der Waals surface area contributed by atoms with Crippen molar-refractivity contribution in [2.45, 2.75) is 43.9 Å². The van der Waals surface area contributed by atoms with Gasteiger partial charge in [-0.15, -0.1) is 0 Å². The average Bonchev–Trinajstić information content (AvgIpc) is 3.83. The Morgan fingerprint density at radius 3 is 2.79 bits per heavy atom. The van der Waals surface area contributed by atoms with Crippen molar-refractivity contribution in [1.29, 1.82) is 0 Å². The molecule has 0 bridgehead atoms. The zero-order valence-corrected chi connectivity index (χ0v) is 21.3. The smallest absolute Gasteiger partial charge is 0.320 e. The van der Waals surface area contributed by atoms with Gasteiger partial charge < -0.3 is 40.0 Å². The number of nitrogens with one attached hydrogen (secondary N) is 2. The van der Waals surface area contributed by atoms with Crippen molar-refractivity contribution in [2.75, 3.05) is 32.6 Å². The number of ether oxygens (including phenoxy) is 2. The Kier molecular flexibility index (Phi) is 6.03. The molecule has 3 fully saturated rings. The molecule has 0 aliphatic heterocycles. The predicted octanol–water partition coefficient (Wildman–Crippen LogP) is 1.01. The topological polar surface area (TPSA) is 164 Å². The van der Waals surface area contributed by atoms with E-state index >= 15 is 0 Å². The minimum absolute atomic E-state index is 0.0779. The van der Waals surface area contributed by atoms with E-state index in [1.807, 2.05) is 6.07 Å². The van der Waals surface area contributed by atoms with Crippen LogP contribution in [-0.2, 0) is 11.2 Å². The van der Waals surface area contributed by atoms with Gasteiger partial charge in [-0.1, -0.05) is 6.07 Å². The number of anilines is 1. The SMILES string of the molecule is CNC(=O)[C@@]12C[C@@H]1[C@@H](n1cnc3c(NCCc4ccc(OC)c(O)c4)nc(OCC4CC4)nc31)[C@H](O)[C@@H]2O. The van der Waals surface area contributed by atoms with Gasteiger partial charge in [0, 0.05) is 19.5 Å². The van der Waals surface area contributed by atoms with Gasteiger partial charge in [0.2, 0.25) is 5.91 Å². The second kappa shape index (κ2) is 9.28. The molecule has 0 unspecified atom stereocenters. The predicted molar refractivity (Wildman–Crippen MR) is 136 cm³/mol. The number of phenols is 1.